The van der Waals surface area contributed by atoms with Gasteiger partial charge in [0.2, 0.25) is 10.0 Å². The van der Waals surface area contributed by atoms with E-state index in [2.05, 4.69) is 0 Å². The smallest absolute Gasteiger partial charge is 0.246 e. The van der Waals surface area contributed by atoms with E-state index in [-0.39, 0.29) is 21.0 Å². The van der Waals surface area contributed by atoms with Crippen LogP contribution in [0.25, 0.3) is 0 Å². The first-order valence-corrected chi connectivity index (χ1v) is 9.21. The summed E-state index contributed by atoms with van der Waals surface area (Å²) < 4.78 is 29.4. The lowest BCUT2D eigenvalue weighted by molar-refractivity contribution is 0.282. The highest BCUT2D eigenvalue weighted by atomic mass is 35.5. The van der Waals surface area contributed by atoms with Crippen molar-refractivity contribution in [3.8, 4) is 0 Å². The molecule has 1 aromatic heterocycles. The number of benzene rings is 1. The average Bonchev–Trinajstić information content (AvgIpc) is 2.86. The molecule has 1 aliphatic rings. The van der Waals surface area contributed by atoms with E-state index >= 15 is 0 Å². The zero-order chi connectivity index (χ0) is 16.1. The van der Waals surface area contributed by atoms with Crippen molar-refractivity contribution in [1.29, 1.82) is 0 Å². The van der Waals surface area contributed by atoms with Gasteiger partial charge in [0.25, 0.3) is 0 Å². The summed E-state index contributed by atoms with van der Waals surface area (Å²) in [7, 11) is -3.81. The number of hydrogen-bond acceptors (Lipinski definition) is 2. The first-order valence-electron chi connectivity index (χ1n) is 6.64. The van der Waals surface area contributed by atoms with Gasteiger partial charge in [0.1, 0.15) is 4.90 Å². The minimum atomic E-state index is -3.81. The van der Waals surface area contributed by atoms with E-state index < -0.39 is 10.0 Å². The van der Waals surface area contributed by atoms with Crippen LogP contribution in [-0.2, 0) is 16.6 Å². The van der Waals surface area contributed by atoms with Crippen LogP contribution in [-0.4, -0.2) is 23.8 Å². The molecule has 0 bridgehead atoms. The van der Waals surface area contributed by atoms with Crippen molar-refractivity contribution in [3.05, 3.63) is 51.2 Å². The molecule has 0 N–H and O–H groups in total. The van der Waals surface area contributed by atoms with Crippen molar-refractivity contribution >= 4 is 44.8 Å². The lowest BCUT2D eigenvalue weighted by Gasteiger charge is -2.34. The van der Waals surface area contributed by atoms with E-state index in [4.69, 9.17) is 34.8 Å². The number of halogens is 3. The van der Waals surface area contributed by atoms with Gasteiger partial charge < -0.3 is 4.57 Å². The molecule has 1 aromatic carbocycles. The second-order valence-corrected chi connectivity index (χ2v) is 8.19. The third-order valence-electron chi connectivity index (χ3n) is 3.82. The van der Waals surface area contributed by atoms with E-state index in [1.54, 1.807) is 0 Å². The molecule has 0 aliphatic carbocycles. The molecule has 22 heavy (non-hydrogen) atoms. The van der Waals surface area contributed by atoms with Gasteiger partial charge in [-0.15, -0.1) is 0 Å². The summed E-state index contributed by atoms with van der Waals surface area (Å²) in [5.41, 5.74) is 0.941. The van der Waals surface area contributed by atoms with Crippen molar-refractivity contribution in [2.45, 2.75) is 24.4 Å². The Morgan fingerprint density at radius 2 is 1.77 bits per heavy atom. The molecule has 0 saturated carbocycles. The SMILES string of the molecule is CC1c2cccn2CCN1S(=O)(=O)c1c(Cl)cc(Cl)cc1Cl. The molecule has 0 amide bonds. The molecule has 8 heteroatoms. The van der Waals surface area contributed by atoms with Gasteiger partial charge in [-0.2, -0.15) is 4.31 Å². The summed E-state index contributed by atoms with van der Waals surface area (Å²) in [5.74, 6) is 0. The molecule has 1 aliphatic heterocycles. The Bertz CT molecular complexity index is 809. The highest BCUT2D eigenvalue weighted by molar-refractivity contribution is 7.89. The molecule has 1 atom stereocenters. The van der Waals surface area contributed by atoms with E-state index in [9.17, 15) is 8.42 Å². The molecular formula is C14H13Cl3N2O2S. The first-order chi connectivity index (χ1) is 10.3. The zero-order valence-electron chi connectivity index (χ0n) is 11.6. The minimum absolute atomic E-state index is 0.0330. The van der Waals surface area contributed by atoms with Crippen molar-refractivity contribution in [1.82, 2.24) is 8.87 Å². The maximum atomic E-state index is 13.0. The molecule has 2 aromatic rings. The number of aromatic nitrogens is 1. The predicted molar refractivity (Wildman–Crippen MR) is 88.2 cm³/mol. The predicted octanol–water partition coefficient (Wildman–Crippen LogP) is 4.21. The summed E-state index contributed by atoms with van der Waals surface area (Å²) in [5, 5.41) is 0.367. The lowest BCUT2D eigenvalue weighted by atomic mass is 10.2. The Morgan fingerprint density at radius 1 is 1.14 bits per heavy atom. The van der Waals surface area contributed by atoms with Gasteiger partial charge in [-0.25, -0.2) is 8.42 Å². The van der Waals surface area contributed by atoms with Gasteiger partial charge in [0.05, 0.1) is 16.1 Å². The van der Waals surface area contributed by atoms with Crippen LogP contribution in [0.2, 0.25) is 15.1 Å². The maximum Gasteiger partial charge on any atom is 0.246 e. The Hall–Kier alpha value is -0.720. The van der Waals surface area contributed by atoms with Gasteiger partial charge in [0, 0.05) is 30.0 Å². The third-order valence-corrected chi connectivity index (χ3v) is 6.93. The molecular weight excluding hydrogens is 367 g/mol. The minimum Gasteiger partial charge on any atom is -0.349 e. The van der Waals surface area contributed by atoms with Crippen molar-refractivity contribution in [2.24, 2.45) is 0 Å². The number of rotatable bonds is 2. The fourth-order valence-corrected chi connectivity index (χ4v) is 5.87. The van der Waals surface area contributed by atoms with Crippen LogP contribution < -0.4 is 0 Å². The molecule has 2 heterocycles. The second kappa shape index (κ2) is 5.73. The van der Waals surface area contributed by atoms with Crippen molar-refractivity contribution < 1.29 is 8.42 Å². The quantitative estimate of drug-likeness (QED) is 0.784. The van der Waals surface area contributed by atoms with E-state index in [1.807, 2.05) is 29.8 Å². The van der Waals surface area contributed by atoms with Gasteiger partial charge in [0.15, 0.2) is 0 Å². The maximum absolute atomic E-state index is 13.0. The Kier molecular flexibility index (Phi) is 4.20. The normalized spacial score (nSPS) is 19.2. The molecule has 1 unspecified atom stereocenters. The highest BCUT2D eigenvalue weighted by Gasteiger charge is 2.36. The van der Waals surface area contributed by atoms with Gasteiger partial charge in [-0.1, -0.05) is 34.8 Å². The summed E-state index contributed by atoms with van der Waals surface area (Å²) in [6.45, 7) is 2.80. The Labute approximate surface area is 144 Å². The molecule has 0 fully saturated rings. The van der Waals surface area contributed by atoms with Crippen LogP contribution >= 0.6 is 34.8 Å². The first kappa shape index (κ1) is 16.1. The Balaban J connectivity index is 2.09. The van der Waals surface area contributed by atoms with Crippen LogP contribution in [0.15, 0.2) is 35.4 Å². The number of sulfonamides is 1. The Morgan fingerprint density at radius 3 is 2.41 bits per heavy atom. The second-order valence-electron chi connectivity index (χ2n) is 5.12. The van der Waals surface area contributed by atoms with Gasteiger partial charge >= 0.3 is 0 Å². The van der Waals surface area contributed by atoms with Gasteiger partial charge in [-0.3, -0.25) is 0 Å². The summed E-state index contributed by atoms with van der Waals surface area (Å²) in [6, 6.07) is 6.30. The molecule has 118 valence electrons. The molecule has 0 radical (unpaired) electrons. The van der Waals surface area contributed by atoms with E-state index in [1.165, 1.54) is 16.4 Å². The molecule has 0 spiro atoms. The highest BCUT2D eigenvalue weighted by Crippen LogP contribution is 2.38. The largest absolute Gasteiger partial charge is 0.349 e. The topological polar surface area (TPSA) is 42.3 Å². The van der Waals surface area contributed by atoms with Crippen molar-refractivity contribution in [3.63, 3.8) is 0 Å². The van der Waals surface area contributed by atoms with Crippen LogP contribution in [0.1, 0.15) is 18.7 Å². The fourth-order valence-electron chi connectivity index (χ4n) is 2.78. The van der Waals surface area contributed by atoms with Crippen molar-refractivity contribution in [2.75, 3.05) is 6.54 Å². The monoisotopic (exact) mass is 378 g/mol. The molecule has 4 nitrogen and oxygen atoms in total. The summed E-state index contributed by atoms with van der Waals surface area (Å²) >= 11 is 18.0. The van der Waals surface area contributed by atoms with Crippen LogP contribution in [0.5, 0.6) is 0 Å². The lowest BCUT2D eigenvalue weighted by Crippen LogP contribution is -2.40. The number of hydrogen-bond donors (Lipinski definition) is 0. The van der Waals surface area contributed by atoms with Crippen LogP contribution in [0.3, 0.4) is 0 Å². The van der Waals surface area contributed by atoms with E-state index in [0.717, 1.165) is 5.69 Å². The van der Waals surface area contributed by atoms with Crippen LogP contribution in [0.4, 0.5) is 0 Å². The van der Waals surface area contributed by atoms with Gasteiger partial charge in [-0.05, 0) is 31.2 Å². The standard InChI is InChI=1S/C14H13Cl3N2O2S/c1-9-13-3-2-4-18(13)5-6-19(9)22(20,21)14-11(16)7-10(15)8-12(14)17/h2-4,7-9H,5-6H2,1H3. The summed E-state index contributed by atoms with van der Waals surface area (Å²) in [4.78, 5) is -0.0907. The third kappa shape index (κ3) is 2.55. The zero-order valence-corrected chi connectivity index (χ0v) is 14.7. The fraction of sp³-hybridized carbons (Fsp3) is 0.286. The summed E-state index contributed by atoms with van der Waals surface area (Å²) in [6.07, 6.45) is 1.94. The van der Waals surface area contributed by atoms with E-state index in [0.29, 0.717) is 18.1 Å². The average molecular weight is 380 g/mol. The number of nitrogens with zero attached hydrogens (tertiary/aromatic N) is 2. The van der Waals surface area contributed by atoms with Crippen LogP contribution in [0, 0.1) is 0 Å². The number of fused-ring (bicyclic) bond motifs is 1. The molecule has 0 saturated heterocycles. The molecule has 3 rings (SSSR count).